The first-order valence-corrected chi connectivity index (χ1v) is 14.2. The van der Waals surface area contributed by atoms with E-state index in [0.717, 1.165) is 22.3 Å². The Bertz CT molecular complexity index is 1730. The summed E-state index contributed by atoms with van der Waals surface area (Å²) in [6, 6.07) is 30.3. The maximum Gasteiger partial charge on any atom is 0.336 e. The molecule has 1 unspecified atom stereocenters. The summed E-state index contributed by atoms with van der Waals surface area (Å²) >= 11 is 5.96. The zero-order chi connectivity index (χ0) is 30.6. The molecule has 1 heterocycles. The van der Waals surface area contributed by atoms with E-state index >= 15 is 0 Å². The minimum absolute atomic E-state index is 0.00476. The molecule has 5 rings (SSSR count). The molecule has 1 atom stereocenters. The molecule has 216 valence electrons. The van der Waals surface area contributed by atoms with E-state index in [1.54, 1.807) is 24.3 Å². The molecule has 4 aromatic rings. The molecule has 6 nitrogen and oxygen atoms in total. The van der Waals surface area contributed by atoms with Crippen molar-refractivity contribution in [1.29, 1.82) is 5.26 Å². The number of hydrogen-bond acceptors (Lipinski definition) is 6. The molecular weight excluding hydrogens is 560 g/mol. The van der Waals surface area contributed by atoms with Gasteiger partial charge in [0.05, 0.1) is 5.92 Å². The summed E-state index contributed by atoms with van der Waals surface area (Å²) in [5.74, 6) is 0.417. The summed E-state index contributed by atoms with van der Waals surface area (Å²) < 4.78 is 17.2. The molecule has 0 amide bonds. The van der Waals surface area contributed by atoms with Gasteiger partial charge in [0.15, 0.2) is 0 Å². The molecule has 1 aliphatic rings. The van der Waals surface area contributed by atoms with E-state index in [4.69, 9.17) is 31.5 Å². The first kappa shape index (κ1) is 29.5. The Kier molecular flexibility index (Phi) is 8.56. The Morgan fingerprint density at radius 2 is 1.65 bits per heavy atom. The molecule has 2 N–H and O–H groups in total. The van der Waals surface area contributed by atoms with Crippen LogP contribution in [0.3, 0.4) is 0 Å². The molecule has 0 radical (unpaired) electrons. The quantitative estimate of drug-likeness (QED) is 0.133. The maximum absolute atomic E-state index is 12.6. The van der Waals surface area contributed by atoms with Gasteiger partial charge < -0.3 is 19.9 Å². The largest absolute Gasteiger partial charge is 0.489 e. The van der Waals surface area contributed by atoms with E-state index in [9.17, 15) is 10.1 Å². The summed E-state index contributed by atoms with van der Waals surface area (Å²) in [6.45, 7) is 6.86. The monoisotopic (exact) mass is 590 g/mol. The van der Waals surface area contributed by atoms with Crippen molar-refractivity contribution < 1.29 is 19.0 Å². The molecule has 0 aromatic heterocycles. The summed E-state index contributed by atoms with van der Waals surface area (Å²) in [4.78, 5) is 12.6. The van der Waals surface area contributed by atoms with Gasteiger partial charge in [0, 0.05) is 22.7 Å². The molecule has 0 saturated heterocycles. The zero-order valence-corrected chi connectivity index (χ0v) is 24.9. The molecular formula is C36H31ClN2O4. The van der Waals surface area contributed by atoms with Crippen LogP contribution in [0.4, 0.5) is 0 Å². The fourth-order valence-corrected chi connectivity index (χ4v) is 4.88. The van der Waals surface area contributed by atoms with Crippen molar-refractivity contribution >= 4 is 23.6 Å². The first-order valence-electron chi connectivity index (χ1n) is 13.8. The summed E-state index contributed by atoms with van der Waals surface area (Å²) in [7, 11) is 0. The Hall–Kier alpha value is -4.99. The van der Waals surface area contributed by atoms with Gasteiger partial charge in [-0.1, -0.05) is 87.0 Å². The molecule has 0 spiro atoms. The van der Waals surface area contributed by atoms with Crippen LogP contribution in [0.1, 0.15) is 54.5 Å². The summed E-state index contributed by atoms with van der Waals surface area (Å²) in [5.41, 5.74) is 11.2. The van der Waals surface area contributed by atoms with Crippen molar-refractivity contribution in [2.45, 2.75) is 38.7 Å². The van der Waals surface area contributed by atoms with Crippen LogP contribution < -0.4 is 19.9 Å². The molecule has 0 bridgehead atoms. The smallest absolute Gasteiger partial charge is 0.336 e. The van der Waals surface area contributed by atoms with Crippen molar-refractivity contribution in [2.24, 2.45) is 5.73 Å². The second-order valence-corrected chi connectivity index (χ2v) is 11.7. The van der Waals surface area contributed by atoms with Crippen LogP contribution in [0, 0.1) is 11.3 Å². The van der Waals surface area contributed by atoms with E-state index in [1.165, 1.54) is 11.6 Å². The Morgan fingerprint density at radius 3 is 2.30 bits per heavy atom. The topological polar surface area (TPSA) is 94.6 Å². The Morgan fingerprint density at radius 1 is 0.977 bits per heavy atom. The normalized spacial score (nSPS) is 14.5. The minimum Gasteiger partial charge on any atom is -0.489 e. The van der Waals surface area contributed by atoms with Crippen LogP contribution in [0.15, 0.2) is 109 Å². The second kappa shape index (κ2) is 12.5. The van der Waals surface area contributed by atoms with Crippen molar-refractivity contribution in [3.8, 4) is 23.3 Å². The molecule has 43 heavy (non-hydrogen) atoms. The highest BCUT2D eigenvalue weighted by molar-refractivity contribution is 6.30. The van der Waals surface area contributed by atoms with Crippen molar-refractivity contribution in [3.05, 3.63) is 141 Å². The molecule has 1 aliphatic heterocycles. The molecule has 7 heteroatoms. The summed E-state index contributed by atoms with van der Waals surface area (Å²) in [5, 5.41) is 10.6. The van der Waals surface area contributed by atoms with Gasteiger partial charge in [0.25, 0.3) is 0 Å². The minimum atomic E-state index is -0.525. The van der Waals surface area contributed by atoms with Gasteiger partial charge in [-0.15, -0.1) is 0 Å². The van der Waals surface area contributed by atoms with Crippen LogP contribution in [0.5, 0.6) is 17.2 Å². The molecule has 0 aliphatic carbocycles. The van der Waals surface area contributed by atoms with Gasteiger partial charge in [0.2, 0.25) is 5.88 Å². The average Bonchev–Trinajstić information content (AvgIpc) is 2.99. The van der Waals surface area contributed by atoms with E-state index in [0.29, 0.717) is 34.5 Å². The predicted octanol–water partition coefficient (Wildman–Crippen LogP) is 8.05. The van der Waals surface area contributed by atoms with E-state index in [1.807, 2.05) is 60.7 Å². The third kappa shape index (κ3) is 7.09. The summed E-state index contributed by atoms with van der Waals surface area (Å²) in [6.07, 6.45) is 3.09. The van der Waals surface area contributed by atoms with E-state index in [2.05, 4.69) is 39.0 Å². The number of nitriles is 1. The number of carbonyl (C=O) groups excluding carboxylic acids is 1. The number of benzene rings is 4. The lowest BCUT2D eigenvalue weighted by molar-refractivity contribution is -0.128. The molecule has 4 aromatic carbocycles. The number of nitrogens with two attached hydrogens (primary N) is 1. The first-order chi connectivity index (χ1) is 20.6. The second-order valence-electron chi connectivity index (χ2n) is 11.2. The average molecular weight is 591 g/mol. The Balaban J connectivity index is 1.30. The van der Waals surface area contributed by atoms with Crippen LogP contribution in [0.2, 0.25) is 5.02 Å². The number of fused-ring (bicyclic) bond motifs is 1. The van der Waals surface area contributed by atoms with Gasteiger partial charge in [-0.05, 0) is 64.1 Å². The molecule has 0 saturated carbocycles. The lowest BCUT2D eigenvalue weighted by Gasteiger charge is -2.26. The Labute approximate surface area is 256 Å². The zero-order valence-electron chi connectivity index (χ0n) is 24.1. The lowest BCUT2D eigenvalue weighted by atomic mass is 9.83. The number of nitrogens with zero attached hydrogens (tertiary/aromatic N) is 1. The maximum atomic E-state index is 12.6. The number of hydrogen-bond donors (Lipinski definition) is 1. The number of ether oxygens (including phenoxy) is 3. The number of rotatable bonds is 7. The van der Waals surface area contributed by atoms with Crippen LogP contribution >= 0.6 is 11.6 Å². The highest BCUT2D eigenvalue weighted by atomic mass is 35.5. The van der Waals surface area contributed by atoms with Gasteiger partial charge in [0.1, 0.15) is 35.5 Å². The van der Waals surface area contributed by atoms with Gasteiger partial charge in [-0.2, -0.15) is 5.26 Å². The lowest BCUT2D eigenvalue weighted by Crippen LogP contribution is -2.21. The highest BCUT2D eigenvalue weighted by Crippen LogP contribution is 2.43. The standard InChI is InChI=1S/C36H31ClN2O4/c1-36(2,3)26-11-4-23(5-12-26)8-19-33(40)42-29-17-18-30-32(20-29)43-35(39)31(21-38)34(30)25-9-15-28(16-10-25)41-22-24-6-13-27(37)14-7-24/h4-20,34H,22,39H2,1-3H3/b19-8+. The number of allylic oxidation sites excluding steroid dienone is 1. The van der Waals surface area contributed by atoms with Gasteiger partial charge in [-0.25, -0.2) is 4.79 Å². The third-order valence-corrected chi connectivity index (χ3v) is 7.38. The van der Waals surface area contributed by atoms with Gasteiger partial charge in [-0.3, -0.25) is 0 Å². The van der Waals surface area contributed by atoms with E-state index in [-0.39, 0.29) is 11.3 Å². The predicted molar refractivity (Wildman–Crippen MR) is 168 cm³/mol. The van der Waals surface area contributed by atoms with Crippen LogP contribution in [-0.2, 0) is 16.8 Å². The SMILES string of the molecule is CC(C)(C)c1ccc(/C=C/C(=O)Oc2ccc3c(c2)OC(N)=C(C#N)C3c2ccc(OCc3ccc(Cl)cc3)cc2)cc1. The number of halogens is 1. The van der Waals surface area contributed by atoms with E-state index < -0.39 is 11.9 Å². The van der Waals surface area contributed by atoms with Crippen molar-refractivity contribution in [2.75, 3.05) is 0 Å². The number of carbonyl (C=O) groups is 1. The van der Waals surface area contributed by atoms with Crippen LogP contribution in [-0.4, -0.2) is 5.97 Å². The van der Waals surface area contributed by atoms with Crippen LogP contribution in [0.25, 0.3) is 6.08 Å². The van der Waals surface area contributed by atoms with Gasteiger partial charge >= 0.3 is 5.97 Å². The fourth-order valence-electron chi connectivity index (χ4n) is 4.75. The molecule has 0 fully saturated rings. The highest BCUT2D eigenvalue weighted by Gasteiger charge is 2.31. The number of esters is 1. The van der Waals surface area contributed by atoms with Crippen molar-refractivity contribution in [1.82, 2.24) is 0 Å². The fraction of sp³-hybridized carbons (Fsp3) is 0.167. The van der Waals surface area contributed by atoms with Crippen molar-refractivity contribution in [3.63, 3.8) is 0 Å². The third-order valence-electron chi connectivity index (χ3n) is 7.13.